The minimum Gasteiger partial charge on any atom is -0.391 e. The topological polar surface area (TPSA) is 67.8 Å². The summed E-state index contributed by atoms with van der Waals surface area (Å²) < 4.78 is 62.7. The predicted molar refractivity (Wildman–Crippen MR) is 103 cm³/mol. The summed E-state index contributed by atoms with van der Waals surface area (Å²) in [5, 5.41) is 4.52. The number of anilines is 1. The monoisotopic (exact) mass is 434 g/mol. The number of hydrogen-bond donors (Lipinski definition) is 1. The molecule has 0 unspecified atom stereocenters. The summed E-state index contributed by atoms with van der Waals surface area (Å²) in [6, 6.07) is 11.2. The molecule has 1 N–H and O–H groups in total. The molecule has 28 heavy (non-hydrogen) atoms. The van der Waals surface area contributed by atoms with Gasteiger partial charge >= 0.3 is 15.5 Å². The molecular weight excluding hydrogens is 417 g/mol. The first-order valence-electron chi connectivity index (χ1n) is 8.17. The molecule has 0 amide bonds. The highest BCUT2D eigenvalue weighted by Gasteiger charge is 2.46. The molecule has 0 saturated carbocycles. The number of halogens is 4. The number of alkyl halides is 3. The first kappa shape index (κ1) is 22.0. The lowest BCUT2D eigenvalue weighted by Gasteiger charge is -2.15. The van der Waals surface area contributed by atoms with E-state index in [1.807, 2.05) is 0 Å². The van der Waals surface area contributed by atoms with Crippen LogP contribution in [0.4, 0.5) is 18.9 Å². The molecule has 0 bridgehead atoms. The normalized spacial score (nSPS) is 12.7. The second kappa shape index (κ2) is 8.83. The Kier molecular flexibility index (Phi) is 6.95. The molecule has 0 radical (unpaired) electrons. The number of aryl methyl sites for hydroxylation is 1. The van der Waals surface area contributed by atoms with Gasteiger partial charge in [0.15, 0.2) is 0 Å². The zero-order valence-corrected chi connectivity index (χ0v) is 16.6. The third kappa shape index (κ3) is 5.62. The molecule has 0 aliphatic heterocycles. The predicted octanol–water partition coefficient (Wildman–Crippen LogP) is 5.24. The highest BCUT2D eigenvalue weighted by Crippen LogP contribution is 2.28. The Hall–Kier alpha value is -2.26. The zero-order valence-electron chi connectivity index (χ0n) is 15.0. The Morgan fingerprint density at radius 1 is 1.21 bits per heavy atom. The van der Waals surface area contributed by atoms with Gasteiger partial charge in [-0.05, 0) is 43.2 Å². The number of rotatable bonds is 7. The van der Waals surface area contributed by atoms with Crippen LogP contribution in [0.1, 0.15) is 30.0 Å². The minimum absolute atomic E-state index is 0.0967. The van der Waals surface area contributed by atoms with Crippen molar-refractivity contribution in [1.82, 2.24) is 0 Å². The average Bonchev–Trinajstić information content (AvgIpc) is 2.59. The van der Waals surface area contributed by atoms with Crippen LogP contribution in [0.2, 0.25) is 5.02 Å². The number of nitrogens with one attached hydrogen (secondary N) is 1. The maximum Gasteiger partial charge on any atom is 0.516 e. The largest absolute Gasteiger partial charge is 0.516 e. The van der Waals surface area contributed by atoms with Crippen LogP contribution in [0.25, 0.3) is 0 Å². The quantitative estimate of drug-likeness (QED) is 0.478. The van der Waals surface area contributed by atoms with E-state index in [9.17, 15) is 21.6 Å². The highest BCUT2D eigenvalue weighted by molar-refractivity contribution is 7.93. The Morgan fingerprint density at radius 2 is 1.93 bits per heavy atom. The second-order valence-electron chi connectivity index (χ2n) is 5.90. The maximum atomic E-state index is 12.7. The van der Waals surface area contributed by atoms with E-state index in [4.69, 9.17) is 16.4 Å². The number of hydrogen-bond acceptors (Lipinski definition) is 4. The lowest BCUT2D eigenvalue weighted by atomic mass is 10.0. The van der Waals surface area contributed by atoms with E-state index >= 15 is 0 Å². The van der Waals surface area contributed by atoms with Crippen LogP contribution in [0, 0.1) is 6.92 Å². The Labute approximate surface area is 166 Å². The van der Waals surface area contributed by atoms with Crippen molar-refractivity contribution in [3.63, 3.8) is 0 Å². The first-order valence-corrected chi connectivity index (χ1v) is 10.0. The van der Waals surface area contributed by atoms with Gasteiger partial charge in [0.25, 0.3) is 0 Å². The summed E-state index contributed by atoms with van der Waals surface area (Å²) >= 11 is 5.90. The molecule has 5 nitrogen and oxygen atoms in total. The average molecular weight is 435 g/mol. The Morgan fingerprint density at radius 3 is 2.54 bits per heavy atom. The molecule has 0 aliphatic rings. The molecule has 2 aromatic rings. The van der Waals surface area contributed by atoms with Crippen molar-refractivity contribution in [2.45, 2.75) is 32.4 Å². The number of oxime groups is 1. The minimum atomic E-state index is -5.56. The summed E-state index contributed by atoms with van der Waals surface area (Å²) in [5.74, 6) is 0. The van der Waals surface area contributed by atoms with E-state index in [1.54, 1.807) is 48.9 Å². The van der Waals surface area contributed by atoms with Crippen LogP contribution in [0.3, 0.4) is 0 Å². The third-order valence-electron chi connectivity index (χ3n) is 3.66. The van der Waals surface area contributed by atoms with Crippen molar-refractivity contribution >= 4 is 33.0 Å². The van der Waals surface area contributed by atoms with Gasteiger partial charge in [-0.25, -0.2) is 0 Å². The lowest BCUT2D eigenvalue weighted by Crippen LogP contribution is -2.30. The molecule has 0 heterocycles. The molecule has 0 aromatic heterocycles. The molecule has 0 spiro atoms. The fourth-order valence-electron chi connectivity index (χ4n) is 2.30. The fraction of sp³-hybridized carbons (Fsp3) is 0.278. The second-order valence-corrected chi connectivity index (χ2v) is 8.01. The molecule has 2 aromatic carbocycles. The zero-order chi connectivity index (χ0) is 20.9. The van der Waals surface area contributed by atoms with Crippen LogP contribution in [-0.4, -0.2) is 19.6 Å². The number of nitrogens with zero attached hydrogens (tertiary/aromatic N) is 1. The lowest BCUT2D eigenvalue weighted by molar-refractivity contribution is -0.0429. The van der Waals surface area contributed by atoms with Crippen molar-refractivity contribution in [3.8, 4) is 0 Å². The molecule has 10 heteroatoms. The molecular formula is C18H18ClF3N2O3S. The van der Waals surface area contributed by atoms with Gasteiger partial charge in [-0.15, -0.1) is 0 Å². The van der Waals surface area contributed by atoms with Crippen LogP contribution in [-0.2, 0) is 21.5 Å². The summed E-state index contributed by atoms with van der Waals surface area (Å²) in [6.07, 6.45) is 0.305. The van der Waals surface area contributed by atoms with Crippen LogP contribution < -0.4 is 4.72 Å². The Balaban J connectivity index is 2.31. The standard InChI is InChI=1S/C18H18ClF3N2O3S/c1-3-16(23-27-11-13-5-4-6-14(19)10-13)15-9-12(2)7-8-17(15)24-28(25,26)18(20,21)22/h4-10,24H,3,11H2,1-2H3/b23-16+. The van der Waals surface area contributed by atoms with Gasteiger partial charge in [-0.2, -0.15) is 21.6 Å². The van der Waals surface area contributed by atoms with Crippen molar-refractivity contribution in [2.75, 3.05) is 4.72 Å². The van der Waals surface area contributed by atoms with Crippen molar-refractivity contribution in [3.05, 3.63) is 64.2 Å². The van der Waals surface area contributed by atoms with Crippen molar-refractivity contribution < 1.29 is 26.4 Å². The van der Waals surface area contributed by atoms with Crippen molar-refractivity contribution in [1.29, 1.82) is 0 Å². The fourth-order valence-corrected chi connectivity index (χ4v) is 3.10. The highest BCUT2D eigenvalue weighted by atomic mass is 35.5. The van der Waals surface area contributed by atoms with E-state index < -0.39 is 15.5 Å². The Bertz CT molecular complexity index is 976. The van der Waals surface area contributed by atoms with Crippen LogP contribution in [0.15, 0.2) is 47.6 Å². The summed E-state index contributed by atoms with van der Waals surface area (Å²) in [6.45, 7) is 3.55. The molecule has 0 saturated heterocycles. The number of benzene rings is 2. The van der Waals surface area contributed by atoms with E-state index in [1.165, 1.54) is 12.1 Å². The number of sulfonamides is 1. The van der Waals surface area contributed by atoms with E-state index in [-0.39, 0.29) is 17.9 Å². The van der Waals surface area contributed by atoms with Gasteiger partial charge in [-0.3, -0.25) is 4.72 Å². The van der Waals surface area contributed by atoms with E-state index in [0.29, 0.717) is 17.2 Å². The third-order valence-corrected chi connectivity index (χ3v) is 5.00. The summed E-state index contributed by atoms with van der Waals surface area (Å²) in [4.78, 5) is 5.30. The van der Waals surface area contributed by atoms with E-state index in [2.05, 4.69) is 5.16 Å². The van der Waals surface area contributed by atoms with Gasteiger partial charge in [0.2, 0.25) is 0 Å². The molecule has 0 fully saturated rings. The van der Waals surface area contributed by atoms with Gasteiger partial charge in [0.1, 0.15) is 6.61 Å². The van der Waals surface area contributed by atoms with Gasteiger partial charge in [0.05, 0.1) is 11.4 Å². The van der Waals surface area contributed by atoms with E-state index in [0.717, 1.165) is 11.1 Å². The summed E-state index contributed by atoms with van der Waals surface area (Å²) in [7, 11) is -5.56. The van der Waals surface area contributed by atoms with Gasteiger partial charge in [-0.1, -0.05) is 47.4 Å². The van der Waals surface area contributed by atoms with Gasteiger partial charge in [0, 0.05) is 10.6 Å². The SMILES string of the molecule is CC/C(=N\OCc1cccc(Cl)c1)c1cc(C)ccc1NS(=O)(=O)C(F)(F)F. The van der Waals surface area contributed by atoms with Crippen LogP contribution in [0.5, 0.6) is 0 Å². The molecule has 0 atom stereocenters. The van der Waals surface area contributed by atoms with Crippen LogP contribution >= 0.6 is 11.6 Å². The van der Waals surface area contributed by atoms with Gasteiger partial charge < -0.3 is 4.84 Å². The molecule has 0 aliphatic carbocycles. The maximum absolute atomic E-state index is 12.7. The smallest absolute Gasteiger partial charge is 0.391 e. The molecule has 2 rings (SSSR count). The van der Waals surface area contributed by atoms with Crippen molar-refractivity contribution in [2.24, 2.45) is 5.16 Å². The molecule has 152 valence electrons. The summed E-state index contributed by atoms with van der Waals surface area (Å²) in [5.41, 5.74) is -3.67. The first-order chi connectivity index (χ1) is 13.0.